The topological polar surface area (TPSA) is 3.24 Å². The van der Waals surface area contributed by atoms with Crippen LogP contribution in [0.15, 0.2) is 170 Å². The monoisotopic (exact) mass is 675 g/mol. The number of hydrogen-bond donors (Lipinski definition) is 0. The molecule has 1 nitrogen and oxygen atoms in total. The summed E-state index contributed by atoms with van der Waals surface area (Å²) in [5.74, 6) is 0. The molecule has 0 atom stereocenters. The largest absolute Gasteiger partial charge is 0.310 e. The number of nitrogens with zero attached hydrogens (tertiary/aromatic N) is 1. The van der Waals surface area contributed by atoms with Crippen molar-refractivity contribution in [3.05, 3.63) is 209 Å². The summed E-state index contributed by atoms with van der Waals surface area (Å²) >= 11 is 0. The highest BCUT2D eigenvalue weighted by molar-refractivity contribution is 6.24. The number of benzene rings is 9. The van der Waals surface area contributed by atoms with Gasteiger partial charge >= 0.3 is 0 Å². The zero-order chi connectivity index (χ0) is 35.4. The smallest absolute Gasteiger partial charge is 0.0732 e. The standard InChI is InChI=1S/C52H37N/c1-32-25-28-35(29-26-32)53(47-30-33(2)24-27-34(47)3)48-31-46-49(42-20-8-6-18-40(42)48)50-41-19-7-4-14-36(41)37-15-5-9-21-43(37)51(50)52(46)44-22-12-10-16-38(44)39-17-11-13-23-45(39)52/h4-31H,1-3H3. The summed E-state index contributed by atoms with van der Waals surface area (Å²) in [5.41, 5.74) is 17.6. The number of anilines is 3. The molecule has 2 aliphatic carbocycles. The van der Waals surface area contributed by atoms with Crippen molar-refractivity contribution in [1.82, 2.24) is 0 Å². The quantitative estimate of drug-likeness (QED) is 0.169. The Morgan fingerprint density at radius 2 is 0.887 bits per heavy atom. The van der Waals surface area contributed by atoms with E-state index < -0.39 is 5.41 Å². The maximum Gasteiger partial charge on any atom is 0.0732 e. The molecule has 9 aromatic rings. The van der Waals surface area contributed by atoms with E-state index in [1.165, 1.54) is 105 Å². The first-order chi connectivity index (χ1) is 26.1. The molecule has 0 fully saturated rings. The zero-order valence-corrected chi connectivity index (χ0v) is 30.1. The average molecular weight is 676 g/mol. The maximum absolute atomic E-state index is 2.57. The summed E-state index contributed by atoms with van der Waals surface area (Å²) < 4.78 is 0. The summed E-state index contributed by atoms with van der Waals surface area (Å²) in [5, 5.41) is 7.75. The number of fused-ring (bicyclic) bond motifs is 17. The molecule has 0 N–H and O–H groups in total. The molecule has 0 heterocycles. The Balaban J connectivity index is 1.39. The summed E-state index contributed by atoms with van der Waals surface area (Å²) in [6.45, 7) is 6.61. The van der Waals surface area contributed by atoms with Gasteiger partial charge in [-0.2, -0.15) is 0 Å². The number of aryl methyl sites for hydroxylation is 3. The molecule has 250 valence electrons. The third-order valence-electron chi connectivity index (χ3n) is 12.1. The van der Waals surface area contributed by atoms with Crippen molar-refractivity contribution in [1.29, 1.82) is 0 Å². The molecule has 11 rings (SSSR count). The van der Waals surface area contributed by atoms with Crippen LogP contribution in [0, 0.1) is 20.8 Å². The SMILES string of the molecule is Cc1ccc(N(c2cc(C)ccc2C)c2cc3c(c4ccccc24)-c2c(c4ccccc4c4ccccc24)C32c3ccccc3-c3ccccc32)cc1. The highest BCUT2D eigenvalue weighted by atomic mass is 15.1. The molecule has 53 heavy (non-hydrogen) atoms. The van der Waals surface area contributed by atoms with E-state index in [4.69, 9.17) is 0 Å². The van der Waals surface area contributed by atoms with Crippen LogP contribution in [0.4, 0.5) is 17.1 Å². The van der Waals surface area contributed by atoms with Gasteiger partial charge in [0.05, 0.1) is 11.1 Å². The van der Waals surface area contributed by atoms with E-state index in [9.17, 15) is 0 Å². The molecule has 2 aliphatic rings. The lowest BCUT2D eigenvalue weighted by Crippen LogP contribution is -2.26. The third kappa shape index (κ3) is 3.97. The molecule has 9 aromatic carbocycles. The molecule has 1 spiro atoms. The lowest BCUT2D eigenvalue weighted by molar-refractivity contribution is 0.802. The fourth-order valence-corrected chi connectivity index (χ4v) is 9.89. The second-order valence-electron chi connectivity index (χ2n) is 15.0. The molecule has 0 bridgehead atoms. The maximum atomic E-state index is 2.57. The fourth-order valence-electron chi connectivity index (χ4n) is 9.89. The Bertz CT molecular complexity index is 2940. The van der Waals surface area contributed by atoms with Gasteiger partial charge < -0.3 is 4.90 Å². The predicted molar refractivity (Wildman–Crippen MR) is 224 cm³/mol. The van der Waals surface area contributed by atoms with Gasteiger partial charge in [0, 0.05) is 16.8 Å². The average Bonchev–Trinajstić information content (AvgIpc) is 3.68. The molecular weight excluding hydrogens is 639 g/mol. The fraction of sp³-hybridized carbons (Fsp3) is 0.0769. The minimum absolute atomic E-state index is 0.527. The van der Waals surface area contributed by atoms with Gasteiger partial charge in [-0.1, -0.05) is 151 Å². The Kier molecular flexibility index (Phi) is 6.29. The highest BCUT2D eigenvalue weighted by Crippen LogP contribution is 2.67. The first-order valence-corrected chi connectivity index (χ1v) is 18.7. The first kappa shape index (κ1) is 30.2. The molecule has 0 aromatic heterocycles. The molecule has 0 radical (unpaired) electrons. The Morgan fingerprint density at radius 3 is 1.55 bits per heavy atom. The molecule has 0 saturated heterocycles. The van der Waals surface area contributed by atoms with Crippen molar-refractivity contribution >= 4 is 49.4 Å². The van der Waals surface area contributed by atoms with E-state index in [0.717, 1.165) is 5.69 Å². The minimum atomic E-state index is -0.527. The van der Waals surface area contributed by atoms with Crippen LogP contribution in [0.2, 0.25) is 0 Å². The van der Waals surface area contributed by atoms with Crippen molar-refractivity contribution in [3.63, 3.8) is 0 Å². The number of rotatable bonds is 3. The van der Waals surface area contributed by atoms with Crippen LogP contribution in [0.25, 0.3) is 54.6 Å². The Hall–Kier alpha value is -6.44. The van der Waals surface area contributed by atoms with Gasteiger partial charge in [0.2, 0.25) is 0 Å². The summed E-state index contributed by atoms with van der Waals surface area (Å²) in [6.07, 6.45) is 0. The molecule has 0 aliphatic heterocycles. The van der Waals surface area contributed by atoms with Crippen LogP contribution < -0.4 is 4.90 Å². The van der Waals surface area contributed by atoms with E-state index in [0.29, 0.717) is 0 Å². The predicted octanol–water partition coefficient (Wildman–Crippen LogP) is 13.9. The highest BCUT2D eigenvalue weighted by Gasteiger charge is 2.53. The lowest BCUT2D eigenvalue weighted by atomic mass is 9.69. The van der Waals surface area contributed by atoms with Gasteiger partial charge in [0.1, 0.15) is 0 Å². The van der Waals surface area contributed by atoms with E-state index in [1.54, 1.807) is 0 Å². The molecule has 0 amide bonds. The van der Waals surface area contributed by atoms with Gasteiger partial charge in [0.25, 0.3) is 0 Å². The zero-order valence-electron chi connectivity index (χ0n) is 30.1. The van der Waals surface area contributed by atoms with Crippen molar-refractivity contribution in [2.24, 2.45) is 0 Å². The summed E-state index contributed by atoms with van der Waals surface area (Å²) in [4.78, 5) is 2.52. The van der Waals surface area contributed by atoms with Crippen LogP contribution >= 0.6 is 0 Å². The van der Waals surface area contributed by atoms with Crippen LogP contribution in [0.1, 0.15) is 38.9 Å². The molecule has 0 saturated carbocycles. The Morgan fingerprint density at radius 1 is 0.377 bits per heavy atom. The third-order valence-corrected chi connectivity index (χ3v) is 12.1. The van der Waals surface area contributed by atoms with Crippen molar-refractivity contribution in [3.8, 4) is 22.3 Å². The van der Waals surface area contributed by atoms with Gasteiger partial charge in [-0.3, -0.25) is 0 Å². The van der Waals surface area contributed by atoms with E-state index in [-0.39, 0.29) is 0 Å². The van der Waals surface area contributed by atoms with Crippen LogP contribution in [-0.4, -0.2) is 0 Å². The van der Waals surface area contributed by atoms with Crippen molar-refractivity contribution in [2.45, 2.75) is 26.2 Å². The number of hydrogen-bond acceptors (Lipinski definition) is 1. The van der Waals surface area contributed by atoms with E-state index >= 15 is 0 Å². The normalized spacial score (nSPS) is 13.3. The molecular formula is C52H37N. The van der Waals surface area contributed by atoms with Crippen molar-refractivity contribution in [2.75, 3.05) is 4.90 Å². The van der Waals surface area contributed by atoms with E-state index in [1.807, 2.05) is 0 Å². The van der Waals surface area contributed by atoms with Gasteiger partial charge in [-0.05, 0) is 128 Å². The Labute approximate surface area is 310 Å². The van der Waals surface area contributed by atoms with Gasteiger partial charge in [0.15, 0.2) is 0 Å². The van der Waals surface area contributed by atoms with Crippen molar-refractivity contribution < 1.29 is 0 Å². The van der Waals surface area contributed by atoms with Gasteiger partial charge in [-0.15, -0.1) is 0 Å². The molecule has 0 unspecified atom stereocenters. The molecule has 1 heteroatoms. The second kappa shape index (κ2) is 11.0. The van der Waals surface area contributed by atoms with E-state index in [2.05, 4.69) is 196 Å². The lowest BCUT2D eigenvalue weighted by Gasteiger charge is -2.34. The summed E-state index contributed by atoms with van der Waals surface area (Å²) in [7, 11) is 0. The second-order valence-corrected chi connectivity index (χ2v) is 15.0. The van der Waals surface area contributed by atoms with Crippen LogP contribution in [0.3, 0.4) is 0 Å². The van der Waals surface area contributed by atoms with Crippen LogP contribution in [0.5, 0.6) is 0 Å². The van der Waals surface area contributed by atoms with Gasteiger partial charge in [-0.25, -0.2) is 0 Å². The first-order valence-electron chi connectivity index (χ1n) is 18.7. The minimum Gasteiger partial charge on any atom is -0.310 e. The summed E-state index contributed by atoms with van der Waals surface area (Å²) in [6, 6.07) is 64.1. The van der Waals surface area contributed by atoms with Crippen LogP contribution in [-0.2, 0) is 5.41 Å².